The molecule has 0 spiro atoms. The van der Waals surface area contributed by atoms with Crippen molar-refractivity contribution in [1.82, 2.24) is 4.90 Å². The van der Waals surface area contributed by atoms with Crippen LogP contribution in [-0.2, 0) is 11.3 Å². The maximum Gasteiger partial charge on any atom is 0.240 e. The molecule has 18 heavy (non-hydrogen) atoms. The number of carbonyl (C=O) groups excluding carboxylic acids is 1. The summed E-state index contributed by atoms with van der Waals surface area (Å²) in [6.45, 7) is 0.480. The van der Waals surface area contributed by atoms with Crippen molar-refractivity contribution in [3.05, 3.63) is 29.8 Å². The first-order valence-electron chi connectivity index (χ1n) is 5.65. The summed E-state index contributed by atoms with van der Waals surface area (Å²) in [4.78, 5) is 13.4. The minimum absolute atomic E-state index is 0.157. The number of nitrogens with two attached hydrogens (primary N) is 1. The number of carbonyl (C=O) groups is 1. The Bertz CT molecular complexity index is 451. The molecule has 1 unspecified atom stereocenters. The van der Waals surface area contributed by atoms with Gasteiger partial charge in [-0.1, -0.05) is 12.1 Å². The first-order valence-corrected chi connectivity index (χ1v) is 5.65. The van der Waals surface area contributed by atoms with Crippen molar-refractivity contribution in [2.75, 3.05) is 14.2 Å². The molecular weight excluding hydrogens is 228 g/mol. The summed E-state index contributed by atoms with van der Waals surface area (Å²) in [7, 11) is 3.31. The van der Waals surface area contributed by atoms with E-state index in [1.54, 1.807) is 19.1 Å². The Morgan fingerprint density at radius 2 is 2.33 bits per heavy atom. The lowest BCUT2D eigenvalue weighted by molar-refractivity contribution is -0.131. The van der Waals surface area contributed by atoms with Crippen LogP contribution in [0.3, 0.4) is 0 Å². The zero-order chi connectivity index (χ0) is 13.5. The molecular formula is C14H18N2O2. The zero-order valence-electron chi connectivity index (χ0n) is 10.7. The van der Waals surface area contributed by atoms with E-state index >= 15 is 0 Å². The Hall–Kier alpha value is -1.99. The molecule has 1 aromatic rings. The number of methoxy groups -OCH3 is 1. The van der Waals surface area contributed by atoms with Crippen molar-refractivity contribution in [2.24, 2.45) is 5.73 Å². The number of hydrogen-bond donors (Lipinski definition) is 1. The Morgan fingerprint density at radius 1 is 1.61 bits per heavy atom. The minimum Gasteiger partial charge on any atom is -0.497 e. The average molecular weight is 246 g/mol. The third-order valence-corrected chi connectivity index (χ3v) is 2.59. The molecule has 1 aromatic carbocycles. The second-order valence-electron chi connectivity index (χ2n) is 4.06. The number of rotatable bonds is 5. The molecule has 0 aliphatic carbocycles. The van der Waals surface area contributed by atoms with Crippen molar-refractivity contribution in [2.45, 2.75) is 19.0 Å². The third kappa shape index (κ3) is 3.79. The molecule has 96 valence electrons. The summed E-state index contributed by atoms with van der Waals surface area (Å²) in [5.74, 6) is 3.00. The lowest BCUT2D eigenvalue weighted by atomic mass is 10.1. The van der Waals surface area contributed by atoms with E-state index in [1.165, 1.54) is 0 Å². The predicted octanol–water partition coefficient (Wildman–Crippen LogP) is 1.00. The number of hydrogen-bond acceptors (Lipinski definition) is 3. The highest BCUT2D eigenvalue weighted by molar-refractivity contribution is 5.81. The van der Waals surface area contributed by atoms with Crippen LogP contribution < -0.4 is 10.5 Å². The van der Waals surface area contributed by atoms with Gasteiger partial charge in [0.25, 0.3) is 0 Å². The first kappa shape index (κ1) is 14.1. The van der Waals surface area contributed by atoms with Gasteiger partial charge in [-0.05, 0) is 17.7 Å². The summed E-state index contributed by atoms with van der Waals surface area (Å²) in [5, 5.41) is 0. The highest BCUT2D eigenvalue weighted by Crippen LogP contribution is 2.14. The van der Waals surface area contributed by atoms with Crippen LogP contribution in [-0.4, -0.2) is 31.0 Å². The number of ether oxygens (including phenoxy) is 1. The average Bonchev–Trinajstić information content (AvgIpc) is 2.38. The van der Waals surface area contributed by atoms with Gasteiger partial charge in [0.1, 0.15) is 5.75 Å². The molecule has 0 aliphatic heterocycles. The van der Waals surface area contributed by atoms with E-state index in [9.17, 15) is 4.79 Å². The quantitative estimate of drug-likeness (QED) is 0.789. The lowest BCUT2D eigenvalue weighted by Crippen LogP contribution is -2.41. The first-order chi connectivity index (χ1) is 8.58. The number of benzene rings is 1. The van der Waals surface area contributed by atoms with Crippen molar-refractivity contribution >= 4 is 5.91 Å². The van der Waals surface area contributed by atoms with E-state index in [-0.39, 0.29) is 12.3 Å². The van der Waals surface area contributed by atoms with Crippen LogP contribution in [0.15, 0.2) is 24.3 Å². The molecule has 0 radical (unpaired) electrons. The summed E-state index contributed by atoms with van der Waals surface area (Å²) < 4.78 is 5.13. The van der Waals surface area contributed by atoms with Crippen LogP contribution in [0.4, 0.5) is 0 Å². The maximum absolute atomic E-state index is 11.9. The van der Waals surface area contributed by atoms with Gasteiger partial charge in [0, 0.05) is 20.0 Å². The highest BCUT2D eigenvalue weighted by atomic mass is 16.5. The maximum atomic E-state index is 11.9. The molecule has 0 heterocycles. The fourth-order valence-electron chi connectivity index (χ4n) is 1.62. The van der Waals surface area contributed by atoms with Crippen LogP contribution in [0.1, 0.15) is 12.0 Å². The molecule has 0 bridgehead atoms. The van der Waals surface area contributed by atoms with E-state index < -0.39 is 6.04 Å². The third-order valence-electron chi connectivity index (χ3n) is 2.59. The predicted molar refractivity (Wildman–Crippen MR) is 70.9 cm³/mol. The zero-order valence-corrected chi connectivity index (χ0v) is 10.7. The highest BCUT2D eigenvalue weighted by Gasteiger charge is 2.17. The molecule has 0 aromatic heterocycles. The largest absolute Gasteiger partial charge is 0.497 e. The van der Waals surface area contributed by atoms with Gasteiger partial charge in [-0.3, -0.25) is 4.79 Å². The number of nitrogens with zero attached hydrogens (tertiary/aromatic N) is 1. The van der Waals surface area contributed by atoms with Gasteiger partial charge in [0.15, 0.2) is 0 Å². The topological polar surface area (TPSA) is 55.6 Å². The van der Waals surface area contributed by atoms with Gasteiger partial charge in [0.05, 0.1) is 13.2 Å². The van der Waals surface area contributed by atoms with Crippen molar-refractivity contribution in [1.29, 1.82) is 0 Å². The molecule has 0 fully saturated rings. The van der Waals surface area contributed by atoms with E-state index in [4.69, 9.17) is 16.9 Å². The van der Waals surface area contributed by atoms with Crippen LogP contribution in [0.2, 0.25) is 0 Å². The lowest BCUT2D eigenvalue weighted by Gasteiger charge is -2.20. The molecule has 1 amide bonds. The van der Waals surface area contributed by atoms with Crippen LogP contribution in [0.25, 0.3) is 0 Å². The number of terminal acetylenes is 1. The number of likely N-dealkylation sites (N-methyl/N-ethyl adjacent to an activating group) is 1. The molecule has 1 rings (SSSR count). The molecule has 4 heteroatoms. The van der Waals surface area contributed by atoms with Gasteiger partial charge in [-0.15, -0.1) is 12.3 Å². The Kier molecular flexibility index (Phi) is 5.22. The van der Waals surface area contributed by atoms with Gasteiger partial charge in [-0.2, -0.15) is 0 Å². The van der Waals surface area contributed by atoms with E-state index in [0.717, 1.165) is 11.3 Å². The second kappa shape index (κ2) is 6.67. The van der Waals surface area contributed by atoms with E-state index in [0.29, 0.717) is 6.54 Å². The molecule has 0 saturated heterocycles. The van der Waals surface area contributed by atoms with Crippen molar-refractivity contribution in [3.63, 3.8) is 0 Å². The van der Waals surface area contributed by atoms with Crippen molar-refractivity contribution < 1.29 is 9.53 Å². The monoisotopic (exact) mass is 246 g/mol. The second-order valence-corrected chi connectivity index (χ2v) is 4.06. The Morgan fingerprint density at radius 3 is 2.94 bits per heavy atom. The van der Waals surface area contributed by atoms with Gasteiger partial charge < -0.3 is 15.4 Å². The van der Waals surface area contributed by atoms with E-state index in [2.05, 4.69) is 5.92 Å². The van der Waals surface area contributed by atoms with E-state index in [1.807, 2.05) is 24.3 Å². The van der Waals surface area contributed by atoms with Crippen molar-refractivity contribution in [3.8, 4) is 18.1 Å². The standard InChI is InChI=1S/C14H18N2O2/c1-4-6-13(15)14(17)16(2)10-11-7-5-8-12(9-11)18-3/h1,5,7-9,13H,6,10,15H2,2-3H3. The van der Waals surface area contributed by atoms with Crippen LogP contribution in [0.5, 0.6) is 5.75 Å². The summed E-state index contributed by atoms with van der Waals surface area (Å²) in [6.07, 6.45) is 5.39. The minimum atomic E-state index is -0.634. The normalized spacial score (nSPS) is 11.4. The fraction of sp³-hybridized carbons (Fsp3) is 0.357. The Balaban J connectivity index is 2.66. The Labute approximate surface area is 108 Å². The van der Waals surface area contributed by atoms with Crippen LogP contribution >= 0.6 is 0 Å². The van der Waals surface area contributed by atoms with Gasteiger partial charge >= 0.3 is 0 Å². The summed E-state index contributed by atoms with van der Waals surface area (Å²) in [5.41, 5.74) is 6.66. The number of amides is 1. The molecule has 0 saturated carbocycles. The smallest absolute Gasteiger partial charge is 0.240 e. The van der Waals surface area contributed by atoms with Gasteiger partial charge in [0.2, 0.25) is 5.91 Å². The molecule has 0 aliphatic rings. The SMILES string of the molecule is C#CCC(N)C(=O)N(C)Cc1cccc(OC)c1. The van der Waals surface area contributed by atoms with Crippen LogP contribution in [0, 0.1) is 12.3 Å². The summed E-state index contributed by atoms with van der Waals surface area (Å²) in [6, 6.07) is 6.92. The molecule has 1 atom stereocenters. The molecule has 2 N–H and O–H groups in total. The molecule has 4 nitrogen and oxygen atoms in total. The fourth-order valence-corrected chi connectivity index (χ4v) is 1.62. The van der Waals surface area contributed by atoms with Gasteiger partial charge in [-0.25, -0.2) is 0 Å². The summed E-state index contributed by atoms with van der Waals surface area (Å²) >= 11 is 0.